The van der Waals surface area contributed by atoms with Crippen molar-refractivity contribution in [3.05, 3.63) is 114 Å². The number of benzene rings is 4. The van der Waals surface area contributed by atoms with Crippen LogP contribution in [-0.4, -0.2) is 45.7 Å². The molecule has 1 heterocycles. The Morgan fingerprint density at radius 3 is 2.23 bits per heavy atom. The van der Waals surface area contributed by atoms with Crippen molar-refractivity contribution in [2.75, 3.05) is 29.4 Å². The van der Waals surface area contributed by atoms with Gasteiger partial charge < -0.3 is 14.8 Å². The third kappa shape index (κ3) is 6.99. The average molecular weight is 603 g/mol. The molecule has 0 unspecified atom stereocenters. The Morgan fingerprint density at radius 1 is 0.860 bits per heavy atom. The minimum atomic E-state index is -4.29. The van der Waals surface area contributed by atoms with Crippen LogP contribution in [0.1, 0.15) is 22.8 Å². The summed E-state index contributed by atoms with van der Waals surface area (Å²) in [7, 11) is -4.29. The molecule has 4 aromatic carbocycles. The van der Waals surface area contributed by atoms with Crippen molar-refractivity contribution in [1.82, 2.24) is 5.43 Å². The molecule has 43 heavy (non-hydrogen) atoms. The number of carbonyl (C=O) groups excluding carboxylic acids is 2. The summed E-state index contributed by atoms with van der Waals surface area (Å²) in [4.78, 5) is 25.2. The lowest BCUT2D eigenvalue weighted by atomic mass is 10.1. The maximum atomic E-state index is 13.7. The maximum absolute atomic E-state index is 13.7. The summed E-state index contributed by atoms with van der Waals surface area (Å²) < 4.78 is 52.9. The summed E-state index contributed by atoms with van der Waals surface area (Å²) in [6.07, 6.45) is 0. The monoisotopic (exact) mass is 602 g/mol. The molecule has 0 spiro atoms. The van der Waals surface area contributed by atoms with E-state index in [9.17, 15) is 22.4 Å². The normalized spacial score (nSPS) is 12.7. The van der Waals surface area contributed by atoms with Crippen LogP contribution in [0.25, 0.3) is 0 Å². The minimum Gasteiger partial charge on any atom is -0.486 e. The highest BCUT2D eigenvalue weighted by Crippen LogP contribution is 2.34. The number of amides is 2. The number of sulfonamides is 1. The van der Waals surface area contributed by atoms with Gasteiger partial charge in [-0.1, -0.05) is 30.3 Å². The summed E-state index contributed by atoms with van der Waals surface area (Å²) in [5.74, 6) is -0.857. The van der Waals surface area contributed by atoms with Crippen molar-refractivity contribution in [3.8, 4) is 11.5 Å². The standard InChI is InChI=1S/C31H27FN4O6S/c1-21(22-7-11-25(12-8-22)33-31(38)23-5-3-2-4-6-23)34-35-30(37)20-36(26-13-9-24(32)10-14-26)43(39,40)27-15-16-28-29(19-27)42-18-17-41-28/h2-16,19H,17-18,20H2,1H3,(H,33,38)(H,35,37)/b34-21-. The highest BCUT2D eigenvalue weighted by atomic mass is 32.2. The molecule has 1 aliphatic rings. The van der Waals surface area contributed by atoms with Gasteiger partial charge in [-0.3, -0.25) is 13.9 Å². The van der Waals surface area contributed by atoms with Crippen LogP contribution in [0.2, 0.25) is 0 Å². The van der Waals surface area contributed by atoms with E-state index < -0.39 is 28.3 Å². The van der Waals surface area contributed by atoms with E-state index in [1.165, 1.54) is 30.3 Å². The Labute approximate surface area is 247 Å². The fourth-order valence-electron chi connectivity index (χ4n) is 4.20. The smallest absolute Gasteiger partial charge is 0.264 e. The molecule has 12 heteroatoms. The molecule has 0 bridgehead atoms. The molecule has 0 fully saturated rings. The number of hydrogen-bond acceptors (Lipinski definition) is 7. The van der Waals surface area contributed by atoms with Crippen LogP contribution >= 0.6 is 0 Å². The van der Waals surface area contributed by atoms with E-state index >= 15 is 0 Å². The number of rotatable bonds is 9. The average Bonchev–Trinajstić information content (AvgIpc) is 3.03. The fourth-order valence-corrected chi connectivity index (χ4v) is 5.63. The van der Waals surface area contributed by atoms with Gasteiger partial charge in [0, 0.05) is 17.3 Å². The van der Waals surface area contributed by atoms with Gasteiger partial charge in [0.25, 0.3) is 21.8 Å². The highest BCUT2D eigenvalue weighted by Gasteiger charge is 2.29. The summed E-state index contributed by atoms with van der Waals surface area (Å²) in [5.41, 5.74) is 4.68. The second-order valence-electron chi connectivity index (χ2n) is 9.42. The molecule has 10 nitrogen and oxygen atoms in total. The Hall–Kier alpha value is -5.23. The van der Waals surface area contributed by atoms with Crippen LogP contribution < -0.4 is 24.5 Å². The zero-order valence-corrected chi connectivity index (χ0v) is 23.8. The summed E-state index contributed by atoms with van der Waals surface area (Å²) in [5, 5.41) is 6.93. The number of ether oxygens (including phenoxy) is 2. The molecular weight excluding hydrogens is 575 g/mol. The Balaban J connectivity index is 1.30. The first-order valence-electron chi connectivity index (χ1n) is 13.2. The Bertz CT molecular complexity index is 1760. The van der Waals surface area contributed by atoms with Crippen molar-refractivity contribution in [1.29, 1.82) is 0 Å². The van der Waals surface area contributed by atoms with Crippen LogP contribution in [0.4, 0.5) is 15.8 Å². The van der Waals surface area contributed by atoms with Crippen molar-refractivity contribution in [2.24, 2.45) is 5.10 Å². The van der Waals surface area contributed by atoms with E-state index in [1.54, 1.807) is 55.5 Å². The SMILES string of the molecule is C/C(=N/NC(=O)CN(c1ccc(F)cc1)S(=O)(=O)c1ccc2c(c1)OCCO2)c1ccc(NC(=O)c2ccccc2)cc1. The number of halogens is 1. The summed E-state index contributed by atoms with van der Waals surface area (Å²) >= 11 is 0. The number of hydrazone groups is 1. The highest BCUT2D eigenvalue weighted by molar-refractivity contribution is 7.92. The first kappa shape index (κ1) is 29.3. The van der Waals surface area contributed by atoms with Crippen molar-refractivity contribution in [3.63, 3.8) is 0 Å². The van der Waals surface area contributed by atoms with Crippen LogP contribution in [0.15, 0.2) is 107 Å². The van der Waals surface area contributed by atoms with E-state index in [0.29, 0.717) is 34.9 Å². The molecule has 2 amide bonds. The molecule has 0 aromatic heterocycles. The van der Waals surface area contributed by atoms with Gasteiger partial charge in [-0.05, 0) is 73.2 Å². The molecule has 0 atom stereocenters. The molecular formula is C31H27FN4O6S. The van der Waals surface area contributed by atoms with Gasteiger partial charge in [0.1, 0.15) is 25.6 Å². The quantitative estimate of drug-likeness (QED) is 0.213. The van der Waals surface area contributed by atoms with Crippen LogP contribution in [0, 0.1) is 5.82 Å². The fraction of sp³-hybridized carbons (Fsp3) is 0.129. The van der Waals surface area contributed by atoms with Gasteiger partial charge in [0.2, 0.25) is 0 Å². The molecule has 0 aliphatic carbocycles. The van der Waals surface area contributed by atoms with E-state index in [1.807, 2.05) is 6.07 Å². The Kier molecular flexibility index (Phi) is 8.67. The maximum Gasteiger partial charge on any atom is 0.264 e. The third-order valence-corrected chi connectivity index (χ3v) is 8.22. The summed E-state index contributed by atoms with van der Waals surface area (Å²) in [6.45, 7) is 1.64. The van der Waals surface area contributed by atoms with Gasteiger partial charge in [-0.2, -0.15) is 5.10 Å². The van der Waals surface area contributed by atoms with Crippen molar-refractivity contribution in [2.45, 2.75) is 11.8 Å². The molecule has 2 N–H and O–H groups in total. The first-order chi connectivity index (χ1) is 20.7. The van der Waals surface area contributed by atoms with Gasteiger partial charge in [-0.25, -0.2) is 18.2 Å². The second-order valence-corrected chi connectivity index (χ2v) is 11.3. The van der Waals surface area contributed by atoms with Crippen LogP contribution in [0.5, 0.6) is 11.5 Å². The van der Waals surface area contributed by atoms with E-state index in [2.05, 4.69) is 15.8 Å². The lowest BCUT2D eigenvalue weighted by molar-refractivity contribution is -0.119. The second kappa shape index (κ2) is 12.7. The van der Waals surface area contributed by atoms with Gasteiger partial charge in [-0.15, -0.1) is 0 Å². The molecule has 0 saturated heterocycles. The lowest BCUT2D eigenvalue weighted by Crippen LogP contribution is -2.39. The number of nitrogens with one attached hydrogen (secondary N) is 2. The predicted octanol–water partition coefficient (Wildman–Crippen LogP) is 4.58. The number of carbonyl (C=O) groups is 2. The zero-order valence-electron chi connectivity index (χ0n) is 23.0. The number of fused-ring (bicyclic) bond motifs is 1. The topological polar surface area (TPSA) is 126 Å². The zero-order chi connectivity index (χ0) is 30.4. The van der Waals surface area contributed by atoms with Crippen molar-refractivity contribution < 1.29 is 31.9 Å². The largest absolute Gasteiger partial charge is 0.486 e. The minimum absolute atomic E-state index is 0.0836. The predicted molar refractivity (Wildman–Crippen MR) is 160 cm³/mol. The molecule has 5 rings (SSSR count). The van der Waals surface area contributed by atoms with Gasteiger partial charge >= 0.3 is 0 Å². The third-order valence-electron chi connectivity index (χ3n) is 6.45. The van der Waals surface area contributed by atoms with E-state index in [4.69, 9.17) is 9.47 Å². The molecule has 0 radical (unpaired) electrons. The Morgan fingerprint density at radius 2 is 1.53 bits per heavy atom. The van der Waals surface area contributed by atoms with E-state index in [-0.39, 0.29) is 28.8 Å². The van der Waals surface area contributed by atoms with Crippen molar-refractivity contribution >= 4 is 38.9 Å². The number of hydrogen-bond donors (Lipinski definition) is 2. The summed E-state index contributed by atoms with van der Waals surface area (Å²) in [6, 6.07) is 24.6. The molecule has 1 aliphatic heterocycles. The van der Waals surface area contributed by atoms with Gasteiger partial charge in [0.05, 0.1) is 16.3 Å². The van der Waals surface area contributed by atoms with Crippen LogP contribution in [0.3, 0.4) is 0 Å². The van der Waals surface area contributed by atoms with Crippen LogP contribution in [-0.2, 0) is 14.8 Å². The van der Waals surface area contributed by atoms with Gasteiger partial charge in [0.15, 0.2) is 11.5 Å². The lowest BCUT2D eigenvalue weighted by Gasteiger charge is -2.25. The molecule has 0 saturated carbocycles. The number of nitrogens with zero attached hydrogens (tertiary/aromatic N) is 2. The molecule has 4 aromatic rings. The number of anilines is 2. The van der Waals surface area contributed by atoms with E-state index in [0.717, 1.165) is 16.4 Å². The first-order valence-corrected chi connectivity index (χ1v) is 14.6. The molecule has 220 valence electrons.